The molecule has 0 saturated carbocycles. The highest BCUT2D eigenvalue weighted by molar-refractivity contribution is 4.53. The van der Waals surface area contributed by atoms with Crippen molar-refractivity contribution in [1.29, 1.82) is 0 Å². The van der Waals surface area contributed by atoms with Gasteiger partial charge in [0.05, 0.1) is 0 Å². The molecule has 0 saturated heterocycles. The van der Waals surface area contributed by atoms with E-state index in [4.69, 9.17) is 4.74 Å². The number of rotatable bonds is 4. The molecule has 0 aliphatic heterocycles. The quantitative estimate of drug-likeness (QED) is 0.536. The lowest BCUT2D eigenvalue weighted by Crippen LogP contribution is -2.25. The van der Waals surface area contributed by atoms with E-state index in [0.717, 1.165) is 6.42 Å². The highest BCUT2D eigenvalue weighted by Crippen LogP contribution is 2.10. The highest BCUT2D eigenvalue weighted by atomic mass is 16.6. The summed E-state index contributed by atoms with van der Waals surface area (Å²) in [6.45, 7) is 5.98. The maximum atomic E-state index is 11.0. The third-order valence-electron chi connectivity index (χ3n) is 1.25. The summed E-state index contributed by atoms with van der Waals surface area (Å²) in [6, 6.07) is 0. The van der Waals surface area contributed by atoms with Crippen LogP contribution in [0.5, 0.6) is 0 Å². The summed E-state index contributed by atoms with van der Waals surface area (Å²) in [6.07, 6.45) is 1.45. The maximum absolute atomic E-state index is 11.0. The van der Waals surface area contributed by atoms with Crippen molar-refractivity contribution in [2.75, 3.05) is 6.61 Å². The third kappa shape index (κ3) is 4.43. The zero-order valence-electron chi connectivity index (χ0n) is 6.44. The predicted octanol–water partition coefficient (Wildman–Crippen LogP) is 1.97. The first-order valence-electron chi connectivity index (χ1n) is 3.46. The smallest absolute Gasteiger partial charge is 0.198 e. The monoisotopic (exact) mass is 131 g/mol. The van der Waals surface area contributed by atoms with Crippen molar-refractivity contribution >= 4 is 0 Å². The summed E-state index contributed by atoms with van der Waals surface area (Å²) < 4.78 is 4.97. The third-order valence-corrected chi connectivity index (χ3v) is 1.25. The fourth-order valence-corrected chi connectivity index (χ4v) is 0.420. The van der Waals surface area contributed by atoms with Crippen molar-refractivity contribution in [3.05, 3.63) is 0 Å². The van der Waals surface area contributed by atoms with E-state index >= 15 is 0 Å². The molecule has 0 aromatic rings. The molecule has 2 heteroatoms. The highest BCUT2D eigenvalue weighted by Gasteiger charge is 2.18. The van der Waals surface area contributed by atoms with Gasteiger partial charge in [-0.15, -0.1) is 0 Å². The molecule has 0 aliphatic rings. The van der Waals surface area contributed by atoms with Crippen LogP contribution in [-0.4, -0.2) is 12.4 Å². The summed E-state index contributed by atoms with van der Waals surface area (Å²) in [4.78, 5) is 0. The van der Waals surface area contributed by atoms with Gasteiger partial charge in [-0.25, -0.2) is 0 Å². The van der Waals surface area contributed by atoms with Crippen LogP contribution in [-0.2, 0) is 9.84 Å². The number of ether oxygens (including phenoxy) is 1. The van der Waals surface area contributed by atoms with Crippen molar-refractivity contribution < 1.29 is 9.84 Å². The molecule has 0 rings (SSSR count). The van der Waals surface area contributed by atoms with E-state index in [-0.39, 0.29) is 0 Å². The summed E-state index contributed by atoms with van der Waals surface area (Å²) in [7, 11) is 0. The Balaban J connectivity index is 3.33. The largest absolute Gasteiger partial charge is 0.348 e. The second kappa shape index (κ2) is 3.85. The van der Waals surface area contributed by atoms with E-state index in [1.54, 1.807) is 6.92 Å². The second-order valence-electron chi connectivity index (χ2n) is 2.34. The molecule has 0 amide bonds. The molecule has 0 aliphatic carbocycles. The molecule has 1 unspecified atom stereocenters. The van der Waals surface area contributed by atoms with Gasteiger partial charge in [-0.1, -0.05) is 13.8 Å². The van der Waals surface area contributed by atoms with Gasteiger partial charge in [-0.3, -0.25) is 0 Å². The molecule has 0 aromatic heterocycles. The van der Waals surface area contributed by atoms with Gasteiger partial charge in [-0.05, 0) is 13.3 Å². The molecule has 1 atom stereocenters. The Labute approximate surface area is 56.8 Å². The summed E-state index contributed by atoms with van der Waals surface area (Å²) in [5.41, 5.74) is 0. The van der Waals surface area contributed by atoms with E-state index in [1.165, 1.54) is 0 Å². The first kappa shape index (κ1) is 8.92. The Kier molecular flexibility index (Phi) is 3.82. The lowest BCUT2D eigenvalue weighted by molar-refractivity contribution is -0.229. The SMILES string of the molecule is CCCOC(C)([O])CC. The first-order valence-corrected chi connectivity index (χ1v) is 3.46. The standard InChI is InChI=1S/C7H15O2/c1-4-6-9-7(3,8)5-2/h4-6H2,1-3H3. The first-order chi connectivity index (χ1) is 4.12. The second-order valence-corrected chi connectivity index (χ2v) is 2.34. The lowest BCUT2D eigenvalue weighted by atomic mass is 10.2. The molecule has 1 radical (unpaired) electrons. The van der Waals surface area contributed by atoms with Gasteiger partial charge in [0.25, 0.3) is 0 Å². The average Bonchev–Trinajstić information content (AvgIpc) is 1.84. The molecule has 0 aromatic carbocycles. The van der Waals surface area contributed by atoms with Crippen molar-refractivity contribution in [3.8, 4) is 0 Å². The predicted molar refractivity (Wildman–Crippen MR) is 35.6 cm³/mol. The number of hydrogen-bond donors (Lipinski definition) is 0. The van der Waals surface area contributed by atoms with Crippen LogP contribution in [0.2, 0.25) is 0 Å². The van der Waals surface area contributed by atoms with Gasteiger partial charge in [0.15, 0.2) is 5.79 Å². The van der Waals surface area contributed by atoms with Gasteiger partial charge in [0.2, 0.25) is 0 Å². The number of hydrogen-bond acceptors (Lipinski definition) is 1. The van der Waals surface area contributed by atoms with Crippen LogP contribution in [0, 0.1) is 0 Å². The normalized spacial score (nSPS) is 17.3. The van der Waals surface area contributed by atoms with Crippen LogP contribution in [0.3, 0.4) is 0 Å². The van der Waals surface area contributed by atoms with Crippen molar-refractivity contribution in [1.82, 2.24) is 0 Å². The molecule has 2 nitrogen and oxygen atoms in total. The molecule has 0 spiro atoms. The fraction of sp³-hybridized carbons (Fsp3) is 1.00. The lowest BCUT2D eigenvalue weighted by Gasteiger charge is -2.18. The Morgan fingerprint density at radius 3 is 2.33 bits per heavy atom. The minimum Gasteiger partial charge on any atom is -0.348 e. The molecule has 0 bridgehead atoms. The van der Waals surface area contributed by atoms with Crippen LogP contribution < -0.4 is 0 Å². The van der Waals surface area contributed by atoms with Crippen LogP contribution in [0.1, 0.15) is 33.6 Å². The van der Waals surface area contributed by atoms with Crippen molar-refractivity contribution in [2.45, 2.75) is 39.4 Å². The topological polar surface area (TPSA) is 29.1 Å². The minimum atomic E-state index is -1.16. The Hall–Kier alpha value is -0.0800. The van der Waals surface area contributed by atoms with E-state index in [9.17, 15) is 5.11 Å². The molecule has 0 N–H and O–H groups in total. The molecule has 0 heterocycles. The van der Waals surface area contributed by atoms with Gasteiger partial charge < -0.3 is 4.74 Å². The minimum absolute atomic E-state index is 0.535. The summed E-state index contributed by atoms with van der Waals surface area (Å²) in [5.74, 6) is -1.16. The average molecular weight is 131 g/mol. The van der Waals surface area contributed by atoms with Gasteiger partial charge in [0, 0.05) is 13.0 Å². The summed E-state index contributed by atoms with van der Waals surface area (Å²) in [5, 5.41) is 11.0. The zero-order chi connectivity index (χ0) is 7.33. The molecular weight excluding hydrogens is 116 g/mol. The van der Waals surface area contributed by atoms with Crippen molar-refractivity contribution in [2.24, 2.45) is 0 Å². The molecular formula is C7H15O2. The molecule has 9 heavy (non-hydrogen) atoms. The van der Waals surface area contributed by atoms with Crippen molar-refractivity contribution in [3.63, 3.8) is 0 Å². The van der Waals surface area contributed by atoms with Gasteiger partial charge in [-0.2, -0.15) is 5.11 Å². The molecule has 0 fully saturated rings. The van der Waals surface area contributed by atoms with E-state index in [1.807, 2.05) is 13.8 Å². The van der Waals surface area contributed by atoms with E-state index in [2.05, 4.69) is 0 Å². The Bertz CT molecular complexity index is 69.3. The van der Waals surface area contributed by atoms with Gasteiger partial charge in [0.1, 0.15) is 0 Å². The van der Waals surface area contributed by atoms with E-state index < -0.39 is 5.79 Å². The van der Waals surface area contributed by atoms with E-state index in [0.29, 0.717) is 13.0 Å². The van der Waals surface area contributed by atoms with Crippen LogP contribution in [0.4, 0.5) is 0 Å². The van der Waals surface area contributed by atoms with Crippen LogP contribution in [0.15, 0.2) is 0 Å². The zero-order valence-corrected chi connectivity index (χ0v) is 6.44. The van der Waals surface area contributed by atoms with Crippen LogP contribution in [0.25, 0.3) is 0 Å². The molecule has 55 valence electrons. The summed E-state index contributed by atoms with van der Waals surface area (Å²) >= 11 is 0. The maximum Gasteiger partial charge on any atom is 0.198 e. The fourth-order valence-electron chi connectivity index (χ4n) is 0.420. The van der Waals surface area contributed by atoms with Gasteiger partial charge >= 0.3 is 0 Å². The Morgan fingerprint density at radius 1 is 1.44 bits per heavy atom. The van der Waals surface area contributed by atoms with Crippen LogP contribution >= 0.6 is 0 Å². The Morgan fingerprint density at radius 2 is 2.00 bits per heavy atom.